The van der Waals surface area contributed by atoms with Crippen LogP contribution in [-0.2, 0) is 4.74 Å². The number of hydrogen-bond donors (Lipinski definition) is 2. The Morgan fingerprint density at radius 2 is 1.77 bits per heavy atom. The fourth-order valence-corrected chi connectivity index (χ4v) is 3.31. The molecule has 2 aromatic rings. The lowest BCUT2D eigenvalue weighted by molar-refractivity contribution is -0.384. The Morgan fingerprint density at radius 3 is 2.35 bits per heavy atom. The third-order valence-corrected chi connectivity index (χ3v) is 4.83. The van der Waals surface area contributed by atoms with Gasteiger partial charge >= 0.3 is 0 Å². The number of anilines is 2. The summed E-state index contributed by atoms with van der Waals surface area (Å²) in [6.45, 7) is 2.18. The van der Waals surface area contributed by atoms with Gasteiger partial charge in [0.25, 0.3) is 11.6 Å². The lowest BCUT2D eigenvalue weighted by Crippen LogP contribution is -2.36. The molecule has 0 aliphatic carbocycles. The van der Waals surface area contributed by atoms with Crippen LogP contribution in [0.25, 0.3) is 0 Å². The van der Waals surface area contributed by atoms with Crippen LogP contribution in [0.1, 0.15) is 10.4 Å². The SMILES string of the molecule is COc1cc(OC)cc(C(=O)NC(=S)Nc2ccc(N3CCOCC3)c([N+](=O)[O-])c2)c1. The molecule has 31 heavy (non-hydrogen) atoms. The van der Waals surface area contributed by atoms with Gasteiger partial charge in [-0.2, -0.15) is 0 Å². The first-order valence-electron chi connectivity index (χ1n) is 9.38. The predicted molar refractivity (Wildman–Crippen MR) is 119 cm³/mol. The molecule has 2 aromatic carbocycles. The van der Waals surface area contributed by atoms with E-state index in [-0.39, 0.29) is 16.4 Å². The molecule has 10 nitrogen and oxygen atoms in total. The number of rotatable bonds is 6. The van der Waals surface area contributed by atoms with Crippen LogP contribution in [-0.4, -0.2) is 56.5 Å². The molecule has 1 aliphatic heterocycles. The Hall–Kier alpha value is -3.44. The number of nitrogens with zero attached hydrogens (tertiary/aromatic N) is 2. The summed E-state index contributed by atoms with van der Waals surface area (Å²) in [6, 6.07) is 9.44. The zero-order valence-electron chi connectivity index (χ0n) is 17.0. The summed E-state index contributed by atoms with van der Waals surface area (Å²) < 4.78 is 15.6. The fraction of sp³-hybridized carbons (Fsp3) is 0.300. The van der Waals surface area contributed by atoms with Crippen molar-refractivity contribution in [2.75, 3.05) is 50.7 Å². The third kappa shape index (κ3) is 5.58. The van der Waals surface area contributed by atoms with E-state index in [4.69, 9.17) is 26.4 Å². The van der Waals surface area contributed by atoms with Crippen molar-refractivity contribution in [2.24, 2.45) is 0 Å². The van der Waals surface area contributed by atoms with Crippen LogP contribution in [0.2, 0.25) is 0 Å². The van der Waals surface area contributed by atoms with Gasteiger partial charge in [-0.25, -0.2) is 0 Å². The van der Waals surface area contributed by atoms with Crippen LogP contribution >= 0.6 is 12.2 Å². The van der Waals surface area contributed by atoms with Gasteiger partial charge in [-0.3, -0.25) is 20.2 Å². The Morgan fingerprint density at radius 1 is 1.13 bits per heavy atom. The number of amides is 1. The van der Waals surface area contributed by atoms with Crippen molar-refractivity contribution in [3.05, 3.63) is 52.1 Å². The summed E-state index contributed by atoms with van der Waals surface area (Å²) in [5.41, 5.74) is 1.13. The van der Waals surface area contributed by atoms with Crippen LogP contribution in [0.4, 0.5) is 17.1 Å². The smallest absolute Gasteiger partial charge is 0.294 e. The molecule has 1 fully saturated rings. The highest BCUT2D eigenvalue weighted by molar-refractivity contribution is 7.80. The van der Waals surface area contributed by atoms with Gasteiger partial charge < -0.3 is 24.4 Å². The van der Waals surface area contributed by atoms with E-state index in [0.717, 1.165) is 0 Å². The van der Waals surface area contributed by atoms with Crippen molar-refractivity contribution in [1.29, 1.82) is 0 Å². The highest BCUT2D eigenvalue weighted by atomic mass is 32.1. The zero-order valence-corrected chi connectivity index (χ0v) is 17.9. The van der Waals surface area contributed by atoms with E-state index in [2.05, 4.69) is 10.6 Å². The Balaban J connectivity index is 1.72. The second kappa shape index (κ2) is 10.0. The minimum Gasteiger partial charge on any atom is -0.497 e. The molecular formula is C20H22N4O6S. The standard InChI is InChI=1S/C20H22N4O6S/c1-28-15-9-13(10-16(12-15)29-2)19(25)22-20(31)21-14-3-4-17(18(11-14)24(26)27)23-5-7-30-8-6-23/h3-4,9-12H,5-8H2,1-2H3,(H2,21,22,25,31). The molecule has 11 heteroatoms. The van der Waals surface area contributed by atoms with E-state index in [0.29, 0.717) is 49.2 Å². The number of ether oxygens (including phenoxy) is 3. The molecule has 2 N–H and O–H groups in total. The summed E-state index contributed by atoms with van der Waals surface area (Å²) in [5.74, 6) is 0.435. The molecule has 0 atom stereocenters. The average Bonchev–Trinajstić information content (AvgIpc) is 2.79. The minimum absolute atomic E-state index is 0.000192. The minimum atomic E-state index is -0.478. The molecule has 1 heterocycles. The van der Waals surface area contributed by atoms with Crippen molar-refractivity contribution >= 4 is 40.3 Å². The van der Waals surface area contributed by atoms with Gasteiger partial charge in [-0.1, -0.05) is 0 Å². The molecule has 0 spiro atoms. The number of methoxy groups -OCH3 is 2. The molecule has 3 rings (SSSR count). The number of carbonyl (C=O) groups is 1. The van der Waals surface area contributed by atoms with Crippen molar-refractivity contribution in [3.8, 4) is 11.5 Å². The number of morpholine rings is 1. The molecule has 1 aliphatic rings. The molecule has 1 saturated heterocycles. The topological polar surface area (TPSA) is 115 Å². The van der Waals surface area contributed by atoms with Gasteiger partial charge in [-0.15, -0.1) is 0 Å². The van der Waals surface area contributed by atoms with Gasteiger partial charge in [0, 0.05) is 36.5 Å². The average molecular weight is 446 g/mol. The first-order chi connectivity index (χ1) is 14.9. The highest BCUT2D eigenvalue weighted by Gasteiger charge is 2.22. The van der Waals surface area contributed by atoms with Crippen molar-refractivity contribution in [1.82, 2.24) is 5.32 Å². The van der Waals surface area contributed by atoms with Gasteiger partial charge in [0.2, 0.25) is 0 Å². The first-order valence-corrected chi connectivity index (χ1v) is 9.78. The maximum atomic E-state index is 12.5. The summed E-state index contributed by atoms with van der Waals surface area (Å²) >= 11 is 5.20. The van der Waals surface area contributed by atoms with E-state index in [1.54, 1.807) is 30.3 Å². The summed E-state index contributed by atoms with van der Waals surface area (Å²) in [4.78, 5) is 25.6. The van der Waals surface area contributed by atoms with Crippen LogP contribution in [0.5, 0.6) is 11.5 Å². The maximum absolute atomic E-state index is 12.5. The van der Waals surface area contributed by atoms with Crippen molar-refractivity contribution < 1.29 is 23.9 Å². The number of nitrogens with one attached hydrogen (secondary N) is 2. The molecule has 0 bridgehead atoms. The van der Waals surface area contributed by atoms with E-state index in [1.165, 1.54) is 20.3 Å². The summed E-state index contributed by atoms with van der Waals surface area (Å²) in [7, 11) is 2.96. The summed E-state index contributed by atoms with van der Waals surface area (Å²) in [5, 5.41) is 16.9. The van der Waals surface area contributed by atoms with Gasteiger partial charge in [0.1, 0.15) is 17.2 Å². The predicted octanol–water partition coefficient (Wildman–Crippen LogP) is 2.58. The largest absolute Gasteiger partial charge is 0.497 e. The zero-order chi connectivity index (χ0) is 22.4. The van der Waals surface area contributed by atoms with Crippen LogP contribution in [0.3, 0.4) is 0 Å². The highest BCUT2D eigenvalue weighted by Crippen LogP contribution is 2.31. The molecule has 0 radical (unpaired) electrons. The van der Waals surface area contributed by atoms with E-state index < -0.39 is 10.8 Å². The van der Waals surface area contributed by atoms with Gasteiger partial charge in [0.05, 0.1) is 32.4 Å². The quantitative estimate of drug-likeness (QED) is 0.392. The molecule has 0 saturated carbocycles. The molecule has 1 amide bonds. The monoisotopic (exact) mass is 446 g/mol. The number of nitro groups is 1. The Bertz CT molecular complexity index is 971. The Labute approximate surface area is 184 Å². The van der Waals surface area contributed by atoms with E-state index in [9.17, 15) is 14.9 Å². The van der Waals surface area contributed by atoms with Crippen LogP contribution in [0, 0.1) is 10.1 Å². The number of benzene rings is 2. The lowest BCUT2D eigenvalue weighted by Gasteiger charge is -2.28. The van der Waals surface area contributed by atoms with E-state index >= 15 is 0 Å². The fourth-order valence-electron chi connectivity index (χ4n) is 3.10. The molecule has 164 valence electrons. The first kappa shape index (κ1) is 22.2. The van der Waals surface area contributed by atoms with Crippen LogP contribution in [0.15, 0.2) is 36.4 Å². The van der Waals surface area contributed by atoms with Crippen molar-refractivity contribution in [3.63, 3.8) is 0 Å². The maximum Gasteiger partial charge on any atom is 0.294 e. The molecular weight excluding hydrogens is 424 g/mol. The number of carbonyl (C=O) groups excluding carboxylic acids is 1. The second-order valence-electron chi connectivity index (χ2n) is 6.57. The van der Waals surface area contributed by atoms with Crippen LogP contribution < -0.4 is 25.0 Å². The second-order valence-corrected chi connectivity index (χ2v) is 6.98. The Kier molecular flexibility index (Phi) is 7.21. The normalized spacial score (nSPS) is 13.3. The molecule has 0 aromatic heterocycles. The third-order valence-electron chi connectivity index (χ3n) is 4.62. The van der Waals surface area contributed by atoms with Crippen molar-refractivity contribution in [2.45, 2.75) is 0 Å². The molecule has 0 unspecified atom stereocenters. The summed E-state index contributed by atoms with van der Waals surface area (Å²) in [6.07, 6.45) is 0. The number of nitro benzene ring substituents is 1. The lowest BCUT2D eigenvalue weighted by atomic mass is 10.2. The van der Waals surface area contributed by atoms with E-state index in [1.807, 2.05) is 4.90 Å². The van der Waals surface area contributed by atoms with Gasteiger partial charge in [0.15, 0.2) is 5.11 Å². The number of hydrogen-bond acceptors (Lipinski definition) is 8. The number of thiocarbonyl (C=S) groups is 1. The van der Waals surface area contributed by atoms with Gasteiger partial charge in [-0.05, 0) is 36.5 Å².